The summed E-state index contributed by atoms with van der Waals surface area (Å²) in [4.78, 5) is 2.69. The third-order valence-corrected chi connectivity index (χ3v) is 6.53. The fourth-order valence-electron chi connectivity index (χ4n) is 5.99. The van der Waals surface area contributed by atoms with Crippen LogP contribution >= 0.6 is 0 Å². The van der Waals surface area contributed by atoms with Crippen LogP contribution in [0, 0.1) is 10.8 Å². The fraction of sp³-hybridized carbons (Fsp3) is 0.750. The van der Waals surface area contributed by atoms with E-state index in [4.69, 9.17) is 0 Å². The molecule has 3 rings (SSSR count). The van der Waals surface area contributed by atoms with Crippen molar-refractivity contribution in [1.29, 1.82) is 0 Å². The van der Waals surface area contributed by atoms with Crippen LogP contribution in [0.25, 0.3) is 0 Å². The van der Waals surface area contributed by atoms with Crippen LogP contribution in [0.5, 0.6) is 0 Å². The topological polar surface area (TPSA) is 3.24 Å². The molecule has 1 aromatic rings. The molecule has 1 unspecified atom stereocenters. The highest BCUT2D eigenvalue weighted by atomic mass is 15.1. The number of nitrogens with zero attached hydrogens (tertiary/aromatic N) is 1. The van der Waals surface area contributed by atoms with Crippen molar-refractivity contribution in [1.82, 2.24) is 4.90 Å². The van der Waals surface area contributed by atoms with Gasteiger partial charge in [-0.2, -0.15) is 0 Å². The number of hydrogen-bond acceptors (Lipinski definition) is 1. The number of likely N-dealkylation sites (tertiary alicyclic amines) is 1. The highest BCUT2D eigenvalue weighted by Gasteiger charge is 2.40. The van der Waals surface area contributed by atoms with E-state index in [0.717, 1.165) is 11.8 Å². The maximum Gasteiger partial charge on any atom is 0.00509 e. The summed E-state index contributed by atoms with van der Waals surface area (Å²) >= 11 is 0. The van der Waals surface area contributed by atoms with Gasteiger partial charge in [-0.25, -0.2) is 0 Å². The summed E-state index contributed by atoms with van der Waals surface area (Å²) in [6.45, 7) is 16.1. The summed E-state index contributed by atoms with van der Waals surface area (Å²) in [6.07, 6.45) is 8.05. The number of hydrogen-bond donors (Lipinski definition) is 0. The molecule has 2 aliphatic rings. The summed E-state index contributed by atoms with van der Waals surface area (Å²) in [6, 6.07) is 9.44. The van der Waals surface area contributed by atoms with Crippen LogP contribution in [-0.4, -0.2) is 24.5 Å². The molecule has 140 valence electrons. The Labute approximate surface area is 156 Å². The lowest BCUT2D eigenvalue weighted by molar-refractivity contribution is 0.0965. The number of rotatable bonds is 5. The third-order valence-electron chi connectivity index (χ3n) is 6.53. The van der Waals surface area contributed by atoms with Gasteiger partial charge in [-0.3, -0.25) is 0 Å². The molecule has 1 aliphatic carbocycles. The first kappa shape index (κ1) is 19.0. The van der Waals surface area contributed by atoms with Crippen molar-refractivity contribution in [3.05, 3.63) is 35.4 Å². The predicted octanol–water partition coefficient (Wildman–Crippen LogP) is 6.60. The SMILES string of the molecule is CCCCN1CCC(c2ccccc2C2CC(C)(C)CC(C)(C)C2)C1. The minimum Gasteiger partial charge on any atom is -0.303 e. The van der Waals surface area contributed by atoms with Crippen LogP contribution in [0.15, 0.2) is 24.3 Å². The monoisotopic (exact) mass is 341 g/mol. The van der Waals surface area contributed by atoms with Gasteiger partial charge in [0.15, 0.2) is 0 Å². The second kappa shape index (κ2) is 7.43. The van der Waals surface area contributed by atoms with E-state index in [1.807, 2.05) is 0 Å². The lowest BCUT2D eigenvalue weighted by atomic mass is 9.59. The summed E-state index contributed by atoms with van der Waals surface area (Å²) in [5.41, 5.74) is 4.26. The Hall–Kier alpha value is -0.820. The van der Waals surface area contributed by atoms with Crippen LogP contribution in [0.1, 0.15) is 96.1 Å². The second-order valence-electron chi connectivity index (χ2n) is 10.4. The molecule has 1 aromatic carbocycles. The molecule has 0 amide bonds. The van der Waals surface area contributed by atoms with Crippen LogP contribution in [-0.2, 0) is 0 Å². The van der Waals surface area contributed by atoms with Crippen LogP contribution in [0.2, 0.25) is 0 Å². The normalized spacial score (nSPS) is 26.8. The van der Waals surface area contributed by atoms with E-state index < -0.39 is 0 Å². The van der Waals surface area contributed by atoms with Gasteiger partial charge in [0.05, 0.1) is 0 Å². The third kappa shape index (κ3) is 4.67. The average molecular weight is 342 g/mol. The first-order valence-electron chi connectivity index (χ1n) is 10.6. The van der Waals surface area contributed by atoms with Gasteiger partial charge in [0.2, 0.25) is 0 Å². The smallest absolute Gasteiger partial charge is 0.00509 e. The van der Waals surface area contributed by atoms with Gasteiger partial charge >= 0.3 is 0 Å². The van der Waals surface area contributed by atoms with Crippen molar-refractivity contribution in [3.8, 4) is 0 Å². The summed E-state index contributed by atoms with van der Waals surface area (Å²) in [5, 5.41) is 0. The van der Waals surface area contributed by atoms with Gasteiger partial charge in [0.1, 0.15) is 0 Å². The van der Waals surface area contributed by atoms with Crippen molar-refractivity contribution < 1.29 is 0 Å². The lowest BCUT2D eigenvalue weighted by Crippen LogP contribution is -2.33. The van der Waals surface area contributed by atoms with Crippen LogP contribution < -0.4 is 0 Å². The van der Waals surface area contributed by atoms with E-state index in [9.17, 15) is 0 Å². The summed E-state index contributed by atoms with van der Waals surface area (Å²) in [5.74, 6) is 1.49. The zero-order chi connectivity index (χ0) is 18.1. The van der Waals surface area contributed by atoms with E-state index >= 15 is 0 Å². The Bertz CT molecular complexity index is 555. The zero-order valence-corrected chi connectivity index (χ0v) is 17.3. The van der Waals surface area contributed by atoms with Gasteiger partial charge in [-0.05, 0) is 79.0 Å². The van der Waals surface area contributed by atoms with Crippen molar-refractivity contribution in [2.45, 2.75) is 85.0 Å². The van der Waals surface area contributed by atoms with E-state index in [2.05, 4.69) is 63.8 Å². The van der Waals surface area contributed by atoms with Gasteiger partial charge in [-0.1, -0.05) is 65.3 Å². The van der Waals surface area contributed by atoms with E-state index in [0.29, 0.717) is 10.8 Å². The van der Waals surface area contributed by atoms with E-state index in [1.54, 1.807) is 11.1 Å². The molecule has 0 N–H and O–H groups in total. The Kier molecular flexibility index (Phi) is 5.63. The first-order valence-corrected chi connectivity index (χ1v) is 10.6. The van der Waals surface area contributed by atoms with Gasteiger partial charge in [-0.15, -0.1) is 0 Å². The van der Waals surface area contributed by atoms with Gasteiger partial charge in [0.25, 0.3) is 0 Å². The standard InChI is InChI=1S/C24H39N/c1-6-7-13-25-14-12-19(17-25)21-10-8-9-11-22(21)20-15-23(2,3)18-24(4,5)16-20/h8-11,19-20H,6-7,12-18H2,1-5H3. The van der Waals surface area contributed by atoms with Crippen LogP contribution in [0.3, 0.4) is 0 Å². The molecule has 0 radical (unpaired) electrons. The maximum atomic E-state index is 2.69. The molecule has 0 bridgehead atoms. The molecule has 25 heavy (non-hydrogen) atoms. The highest BCUT2D eigenvalue weighted by molar-refractivity contribution is 5.35. The Balaban J connectivity index is 1.80. The summed E-state index contributed by atoms with van der Waals surface area (Å²) < 4.78 is 0. The maximum absolute atomic E-state index is 2.69. The molecule has 1 atom stereocenters. The van der Waals surface area contributed by atoms with Gasteiger partial charge < -0.3 is 4.90 Å². The highest BCUT2D eigenvalue weighted by Crippen LogP contribution is 2.52. The van der Waals surface area contributed by atoms with Crippen molar-refractivity contribution in [3.63, 3.8) is 0 Å². The average Bonchev–Trinajstić information content (AvgIpc) is 2.98. The van der Waals surface area contributed by atoms with Crippen molar-refractivity contribution >= 4 is 0 Å². The lowest BCUT2D eigenvalue weighted by Gasteiger charge is -2.45. The molecule has 1 heterocycles. The molecule has 0 aromatic heterocycles. The number of unbranched alkanes of at least 4 members (excludes halogenated alkanes) is 1. The second-order valence-corrected chi connectivity index (χ2v) is 10.4. The molecule has 2 fully saturated rings. The quantitative estimate of drug-likeness (QED) is 0.583. The molecular weight excluding hydrogens is 302 g/mol. The molecule has 1 saturated heterocycles. The Morgan fingerprint density at radius 3 is 2.16 bits per heavy atom. The number of benzene rings is 1. The molecule has 1 nitrogen and oxygen atoms in total. The van der Waals surface area contributed by atoms with Crippen molar-refractivity contribution in [2.24, 2.45) is 10.8 Å². The minimum absolute atomic E-state index is 0.461. The first-order chi connectivity index (χ1) is 11.8. The van der Waals surface area contributed by atoms with E-state index in [-0.39, 0.29) is 0 Å². The Morgan fingerprint density at radius 2 is 1.56 bits per heavy atom. The predicted molar refractivity (Wildman–Crippen MR) is 109 cm³/mol. The minimum atomic E-state index is 0.461. The van der Waals surface area contributed by atoms with Gasteiger partial charge in [0, 0.05) is 6.54 Å². The molecule has 1 aliphatic heterocycles. The molecule has 0 spiro atoms. The van der Waals surface area contributed by atoms with Crippen LogP contribution in [0.4, 0.5) is 0 Å². The van der Waals surface area contributed by atoms with Crippen molar-refractivity contribution in [2.75, 3.05) is 19.6 Å². The molecule has 1 saturated carbocycles. The molecule has 1 heteroatoms. The Morgan fingerprint density at radius 1 is 0.960 bits per heavy atom. The fourth-order valence-corrected chi connectivity index (χ4v) is 5.99. The zero-order valence-electron chi connectivity index (χ0n) is 17.3. The molecular formula is C24H39N. The largest absolute Gasteiger partial charge is 0.303 e. The van der Waals surface area contributed by atoms with E-state index in [1.165, 1.54) is 58.2 Å². The summed E-state index contributed by atoms with van der Waals surface area (Å²) in [7, 11) is 0.